The van der Waals surface area contributed by atoms with Crippen LogP contribution in [-0.4, -0.2) is 6.04 Å². The monoisotopic (exact) mass is 248 g/mol. The van der Waals surface area contributed by atoms with E-state index in [0.717, 1.165) is 6.42 Å². The number of rotatable bonds is 8. The summed E-state index contributed by atoms with van der Waals surface area (Å²) in [6.07, 6.45) is 7.42. The Balaban J connectivity index is 2.46. The molecule has 0 aromatic heterocycles. The Morgan fingerprint density at radius 1 is 1.06 bits per heavy atom. The molecule has 0 spiro atoms. The van der Waals surface area contributed by atoms with Gasteiger partial charge in [-0.3, -0.25) is 11.3 Å². The SMILES string of the molecule is CCCCCCC(Cc1cc(C)cc(C)c1)NN. The van der Waals surface area contributed by atoms with Crippen molar-refractivity contribution < 1.29 is 0 Å². The Morgan fingerprint density at radius 2 is 1.72 bits per heavy atom. The normalized spacial score (nSPS) is 12.7. The van der Waals surface area contributed by atoms with Gasteiger partial charge in [0.05, 0.1) is 0 Å². The molecule has 1 aromatic rings. The molecule has 0 bridgehead atoms. The summed E-state index contributed by atoms with van der Waals surface area (Å²) in [5, 5.41) is 0. The second-order valence-electron chi connectivity index (χ2n) is 5.41. The van der Waals surface area contributed by atoms with E-state index >= 15 is 0 Å². The van der Waals surface area contributed by atoms with Gasteiger partial charge in [-0.25, -0.2) is 0 Å². The molecule has 1 unspecified atom stereocenters. The van der Waals surface area contributed by atoms with Crippen LogP contribution in [0.1, 0.15) is 55.7 Å². The van der Waals surface area contributed by atoms with Gasteiger partial charge < -0.3 is 0 Å². The van der Waals surface area contributed by atoms with Gasteiger partial charge >= 0.3 is 0 Å². The summed E-state index contributed by atoms with van der Waals surface area (Å²) in [5.74, 6) is 5.66. The minimum atomic E-state index is 0.406. The van der Waals surface area contributed by atoms with Crippen molar-refractivity contribution in [1.29, 1.82) is 0 Å². The van der Waals surface area contributed by atoms with E-state index in [0.29, 0.717) is 6.04 Å². The van der Waals surface area contributed by atoms with Crippen LogP contribution in [0.5, 0.6) is 0 Å². The fourth-order valence-corrected chi connectivity index (χ4v) is 2.53. The van der Waals surface area contributed by atoms with Crippen molar-refractivity contribution in [3.63, 3.8) is 0 Å². The van der Waals surface area contributed by atoms with Gasteiger partial charge in [-0.2, -0.15) is 0 Å². The minimum absolute atomic E-state index is 0.406. The molecule has 0 aliphatic carbocycles. The molecule has 1 rings (SSSR count). The van der Waals surface area contributed by atoms with Crippen LogP contribution in [0.3, 0.4) is 0 Å². The average molecular weight is 248 g/mol. The van der Waals surface area contributed by atoms with E-state index in [4.69, 9.17) is 5.84 Å². The first-order chi connectivity index (χ1) is 8.65. The second-order valence-corrected chi connectivity index (χ2v) is 5.41. The standard InChI is InChI=1S/C16H28N2/c1-4-5-6-7-8-16(18-17)12-15-10-13(2)9-14(3)11-15/h9-11,16,18H,4-8,12,17H2,1-3H3. The molecule has 0 aliphatic heterocycles. The molecule has 0 saturated heterocycles. The molecule has 3 N–H and O–H groups in total. The predicted molar refractivity (Wildman–Crippen MR) is 79.5 cm³/mol. The van der Waals surface area contributed by atoms with Gasteiger partial charge in [0.25, 0.3) is 0 Å². The predicted octanol–water partition coefficient (Wildman–Crippen LogP) is 3.65. The zero-order chi connectivity index (χ0) is 13.4. The van der Waals surface area contributed by atoms with Crippen LogP contribution >= 0.6 is 0 Å². The molecule has 102 valence electrons. The highest BCUT2D eigenvalue weighted by atomic mass is 15.2. The number of hydrazine groups is 1. The third kappa shape index (κ3) is 5.65. The van der Waals surface area contributed by atoms with Gasteiger partial charge in [0.2, 0.25) is 0 Å². The van der Waals surface area contributed by atoms with Crippen molar-refractivity contribution in [3.05, 3.63) is 34.9 Å². The van der Waals surface area contributed by atoms with E-state index in [1.807, 2.05) is 0 Å². The van der Waals surface area contributed by atoms with Gasteiger partial charge in [-0.05, 0) is 32.3 Å². The van der Waals surface area contributed by atoms with Crippen LogP contribution in [0.25, 0.3) is 0 Å². The second kappa shape index (κ2) is 8.28. The zero-order valence-corrected chi connectivity index (χ0v) is 12.1. The quantitative estimate of drug-likeness (QED) is 0.419. The molecule has 0 radical (unpaired) electrons. The summed E-state index contributed by atoms with van der Waals surface area (Å²) in [6, 6.07) is 7.16. The molecule has 1 atom stereocenters. The third-order valence-corrected chi connectivity index (χ3v) is 3.41. The smallest absolute Gasteiger partial charge is 0.0250 e. The first-order valence-electron chi connectivity index (χ1n) is 7.19. The summed E-state index contributed by atoms with van der Waals surface area (Å²) in [5.41, 5.74) is 7.04. The Morgan fingerprint density at radius 3 is 2.28 bits per heavy atom. The zero-order valence-electron chi connectivity index (χ0n) is 12.1. The highest BCUT2D eigenvalue weighted by molar-refractivity contribution is 5.29. The van der Waals surface area contributed by atoms with Crippen LogP contribution in [-0.2, 0) is 6.42 Å². The summed E-state index contributed by atoms with van der Waals surface area (Å²) >= 11 is 0. The molecule has 18 heavy (non-hydrogen) atoms. The Labute approximate surface area is 112 Å². The van der Waals surface area contributed by atoms with Crippen molar-refractivity contribution >= 4 is 0 Å². The first-order valence-corrected chi connectivity index (χ1v) is 7.19. The molecule has 2 nitrogen and oxygen atoms in total. The maximum atomic E-state index is 5.66. The molecular formula is C16H28N2. The summed E-state index contributed by atoms with van der Waals surface area (Å²) in [6.45, 7) is 6.56. The van der Waals surface area contributed by atoms with Gasteiger partial charge in [0, 0.05) is 6.04 Å². The Kier molecular flexibility index (Phi) is 6.99. The van der Waals surface area contributed by atoms with Gasteiger partial charge in [-0.1, -0.05) is 61.9 Å². The van der Waals surface area contributed by atoms with E-state index in [1.54, 1.807) is 0 Å². The highest BCUT2D eigenvalue weighted by Crippen LogP contribution is 2.14. The Bertz CT molecular complexity index is 327. The Hall–Kier alpha value is -0.860. The summed E-state index contributed by atoms with van der Waals surface area (Å²) in [7, 11) is 0. The van der Waals surface area contributed by atoms with Crippen LogP contribution in [0.2, 0.25) is 0 Å². The maximum absolute atomic E-state index is 5.66. The molecule has 0 fully saturated rings. The first kappa shape index (κ1) is 15.2. The highest BCUT2D eigenvalue weighted by Gasteiger charge is 2.08. The van der Waals surface area contributed by atoms with E-state index in [-0.39, 0.29) is 0 Å². The molecule has 0 aliphatic rings. The van der Waals surface area contributed by atoms with E-state index in [9.17, 15) is 0 Å². The van der Waals surface area contributed by atoms with E-state index < -0.39 is 0 Å². The molecular weight excluding hydrogens is 220 g/mol. The lowest BCUT2D eigenvalue weighted by Crippen LogP contribution is -2.36. The molecule has 0 amide bonds. The summed E-state index contributed by atoms with van der Waals surface area (Å²) < 4.78 is 0. The molecule has 0 heterocycles. The molecule has 0 saturated carbocycles. The number of nitrogens with one attached hydrogen (secondary N) is 1. The maximum Gasteiger partial charge on any atom is 0.0250 e. The molecule has 2 heteroatoms. The van der Waals surface area contributed by atoms with Crippen LogP contribution in [0.4, 0.5) is 0 Å². The number of aryl methyl sites for hydroxylation is 2. The lowest BCUT2D eigenvalue weighted by molar-refractivity contribution is 0.463. The minimum Gasteiger partial charge on any atom is -0.271 e. The van der Waals surface area contributed by atoms with Crippen molar-refractivity contribution in [1.82, 2.24) is 5.43 Å². The average Bonchev–Trinajstić information content (AvgIpc) is 2.32. The number of nitrogens with two attached hydrogens (primary N) is 1. The van der Waals surface area contributed by atoms with Crippen LogP contribution < -0.4 is 11.3 Å². The number of hydrogen-bond donors (Lipinski definition) is 2. The lowest BCUT2D eigenvalue weighted by atomic mass is 9.98. The summed E-state index contributed by atoms with van der Waals surface area (Å²) in [4.78, 5) is 0. The van der Waals surface area contributed by atoms with Crippen molar-refractivity contribution in [2.24, 2.45) is 5.84 Å². The van der Waals surface area contributed by atoms with Crippen molar-refractivity contribution in [3.8, 4) is 0 Å². The van der Waals surface area contributed by atoms with Crippen molar-refractivity contribution in [2.75, 3.05) is 0 Å². The van der Waals surface area contributed by atoms with Crippen LogP contribution in [0, 0.1) is 13.8 Å². The fraction of sp³-hybridized carbons (Fsp3) is 0.625. The number of benzene rings is 1. The largest absolute Gasteiger partial charge is 0.271 e. The fourth-order valence-electron chi connectivity index (χ4n) is 2.53. The van der Waals surface area contributed by atoms with E-state index in [1.165, 1.54) is 48.8 Å². The van der Waals surface area contributed by atoms with Gasteiger partial charge in [0.1, 0.15) is 0 Å². The number of hydrogen-bond acceptors (Lipinski definition) is 2. The van der Waals surface area contributed by atoms with Crippen molar-refractivity contribution in [2.45, 2.75) is 65.3 Å². The van der Waals surface area contributed by atoms with Gasteiger partial charge in [0.15, 0.2) is 0 Å². The van der Waals surface area contributed by atoms with Gasteiger partial charge in [-0.15, -0.1) is 0 Å². The lowest BCUT2D eigenvalue weighted by Gasteiger charge is -2.16. The van der Waals surface area contributed by atoms with Crippen LogP contribution in [0.15, 0.2) is 18.2 Å². The topological polar surface area (TPSA) is 38.0 Å². The third-order valence-electron chi connectivity index (χ3n) is 3.41. The molecule has 1 aromatic carbocycles. The number of unbranched alkanes of at least 4 members (excludes halogenated alkanes) is 3. The van der Waals surface area contributed by atoms with E-state index in [2.05, 4.69) is 44.4 Å².